The molecule has 0 radical (unpaired) electrons. The van der Waals surface area contributed by atoms with E-state index < -0.39 is 11.7 Å². The van der Waals surface area contributed by atoms with Crippen molar-refractivity contribution in [1.82, 2.24) is 4.98 Å². The molecule has 2 rings (SSSR count). The first-order chi connectivity index (χ1) is 9.88. The molecule has 1 aromatic carbocycles. The lowest BCUT2D eigenvalue weighted by atomic mass is 10.2. The number of alkyl halides is 3. The minimum absolute atomic E-state index is 0.103. The van der Waals surface area contributed by atoms with Gasteiger partial charge in [0.05, 0.1) is 5.56 Å². The van der Waals surface area contributed by atoms with Crippen molar-refractivity contribution >= 4 is 21.7 Å². The molecule has 8 heteroatoms. The molecule has 1 heterocycles. The Balaban J connectivity index is 2.17. The van der Waals surface area contributed by atoms with Gasteiger partial charge in [-0.1, -0.05) is 28.1 Å². The van der Waals surface area contributed by atoms with Gasteiger partial charge in [0.25, 0.3) is 0 Å². The zero-order valence-electron chi connectivity index (χ0n) is 10.6. The number of halogens is 4. The van der Waals surface area contributed by atoms with Crippen molar-refractivity contribution in [2.24, 2.45) is 5.84 Å². The van der Waals surface area contributed by atoms with E-state index in [0.717, 1.165) is 22.2 Å². The molecule has 0 saturated carbocycles. The van der Waals surface area contributed by atoms with Crippen molar-refractivity contribution in [1.29, 1.82) is 0 Å². The maximum Gasteiger partial charge on any atom is 0.416 e. The van der Waals surface area contributed by atoms with Crippen molar-refractivity contribution in [3.63, 3.8) is 0 Å². The fraction of sp³-hybridized carbons (Fsp3) is 0.154. The number of ether oxygens (including phenoxy) is 1. The van der Waals surface area contributed by atoms with Crippen LogP contribution in [-0.2, 0) is 12.8 Å². The largest absolute Gasteiger partial charge is 0.473 e. The number of nitrogen functional groups attached to an aromatic ring is 1. The summed E-state index contributed by atoms with van der Waals surface area (Å²) >= 11 is 3.29. The average Bonchev–Trinajstić information content (AvgIpc) is 2.45. The van der Waals surface area contributed by atoms with Gasteiger partial charge < -0.3 is 10.2 Å². The van der Waals surface area contributed by atoms with E-state index in [0.29, 0.717) is 0 Å². The van der Waals surface area contributed by atoms with Crippen LogP contribution in [0.1, 0.15) is 11.1 Å². The molecule has 0 amide bonds. The molecule has 0 saturated heterocycles. The van der Waals surface area contributed by atoms with Gasteiger partial charge >= 0.3 is 6.18 Å². The van der Waals surface area contributed by atoms with Crippen LogP contribution in [0.4, 0.5) is 19.0 Å². The van der Waals surface area contributed by atoms with Crippen molar-refractivity contribution in [3.8, 4) is 5.88 Å². The first kappa shape index (κ1) is 15.6. The number of anilines is 1. The highest BCUT2D eigenvalue weighted by Gasteiger charge is 2.32. The fourth-order valence-corrected chi connectivity index (χ4v) is 1.82. The van der Waals surface area contributed by atoms with Crippen LogP contribution in [0.25, 0.3) is 0 Å². The van der Waals surface area contributed by atoms with Crippen LogP contribution in [0.2, 0.25) is 0 Å². The van der Waals surface area contributed by atoms with Gasteiger partial charge in [-0.2, -0.15) is 18.2 Å². The maximum absolute atomic E-state index is 12.7. The number of nitrogens with two attached hydrogens (primary N) is 1. The van der Waals surface area contributed by atoms with Crippen LogP contribution in [0.15, 0.2) is 40.9 Å². The summed E-state index contributed by atoms with van der Waals surface area (Å²) < 4.78 is 44.4. The van der Waals surface area contributed by atoms with Crippen LogP contribution >= 0.6 is 15.9 Å². The zero-order chi connectivity index (χ0) is 15.5. The summed E-state index contributed by atoms with van der Waals surface area (Å²) in [6.45, 7) is 0.103. The third-order valence-electron chi connectivity index (χ3n) is 2.58. The summed E-state index contributed by atoms with van der Waals surface area (Å²) in [5.74, 6) is 4.85. The third kappa shape index (κ3) is 4.33. The Morgan fingerprint density at radius 1 is 1.19 bits per heavy atom. The molecule has 21 heavy (non-hydrogen) atoms. The van der Waals surface area contributed by atoms with E-state index in [1.54, 1.807) is 12.1 Å². The molecule has 0 unspecified atom stereocenters. The first-order valence-electron chi connectivity index (χ1n) is 5.81. The van der Waals surface area contributed by atoms with Gasteiger partial charge in [0, 0.05) is 10.5 Å². The van der Waals surface area contributed by atoms with E-state index >= 15 is 0 Å². The van der Waals surface area contributed by atoms with Gasteiger partial charge in [0.15, 0.2) is 0 Å². The van der Waals surface area contributed by atoms with Crippen LogP contribution < -0.4 is 16.0 Å². The molecule has 0 aliphatic carbocycles. The second kappa shape index (κ2) is 6.31. The van der Waals surface area contributed by atoms with Gasteiger partial charge in [-0.25, -0.2) is 5.84 Å². The van der Waals surface area contributed by atoms with Crippen molar-refractivity contribution in [2.75, 3.05) is 5.43 Å². The summed E-state index contributed by atoms with van der Waals surface area (Å²) in [5, 5.41) is 0. The van der Waals surface area contributed by atoms with Gasteiger partial charge in [0.2, 0.25) is 5.88 Å². The number of nitrogens with zero attached hydrogens (tertiary/aromatic N) is 1. The van der Waals surface area contributed by atoms with E-state index in [-0.39, 0.29) is 18.3 Å². The van der Waals surface area contributed by atoms with Gasteiger partial charge in [0.1, 0.15) is 12.4 Å². The Morgan fingerprint density at radius 2 is 1.86 bits per heavy atom. The quantitative estimate of drug-likeness (QED) is 0.643. The minimum Gasteiger partial charge on any atom is -0.473 e. The van der Waals surface area contributed by atoms with Gasteiger partial charge in [-0.05, 0) is 23.8 Å². The number of hydrogen-bond acceptors (Lipinski definition) is 4. The predicted octanol–water partition coefficient (Wildman–Crippen LogP) is 3.73. The Kier molecular flexibility index (Phi) is 4.69. The van der Waals surface area contributed by atoms with Gasteiger partial charge in [-0.3, -0.25) is 0 Å². The number of nitrogens with one attached hydrogen (secondary N) is 1. The first-order valence-corrected chi connectivity index (χ1v) is 6.61. The smallest absolute Gasteiger partial charge is 0.416 e. The van der Waals surface area contributed by atoms with E-state index in [1.165, 1.54) is 0 Å². The van der Waals surface area contributed by atoms with Crippen molar-refractivity contribution < 1.29 is 17.9 Å². The normalized spacial score (nSPS) is 11.3. The highest BCUT2D eigenvalue weighted by atomic mass is 79.9. The lowest BCUT2D eigenvalue weighted by molar-refractivity contribution is -0.137. The molecule has 0 bridgehead atoms. The second-order valence-electron chi connectivity index (χ2n) is 4.14. The molecule has 1 aromatic heterocycles. The second-order valence-corrected chi connectivity index (χ2v) is 5.05. The third-order valence-corrected chi connectivity index (χ3v) is 3.11. The van der Waals surface area contributed by atoms with Crippen LogP contribution in [0.5, 0.6) is 5.88 Å². The Hall–Kier alpha value is -1.80. The number of aromatic nitrogens is 1. The van der Waals surface area contributed by atoms with E-state index in [9.17, 15) is 13.2 Å². The molecule has 2 aromatic rings. The summed E-state index contributed by atoms with van der Waals surface area (Å²) in [6, 6.07) is 8.85. The average molecular weight is 362 g/mol. The lowest BCUT2D eigenvalue weighted by Gasteiger charge is -2.12. The standard InChI is InChI=1S/C13H11BrF3N3O/c14-10-3-1-8(2-4-10)7-21-12-6-9(13(15,16)17)5-11(19-12)20-18/h1-6H,7,18H2,(H,19,20). The molecule has 0 atom stereocenters. The lowest BCUT2D eigenvalue weighted by Crippen LogP contribution is -2.13. The van der Waals surface area contributed by atoms with Crippen LogP contribution in [0.3, 0.4) is 0 Å². The summed E-state index contributed by atoms with van der Waals surface area (Å²) in [4.78, 5) is 3.83. The summed E-state index contributed by atoms with van der Waals surface area (Å²) in [5.41, 5.74) is 2.01. The number of pyridine rings is 1. The SMILES string of the molecule is NNc1cc(C(F)(F)F)cc(OCc2ccc(Br)cc2)n1. The topological polar surface area (TPSA) is 60.2 Å². The fourth-order valence-electron chi connectivity index (χ4n) is 1.55. The zero-order valence-corrected chi connectivity index (χ0v) is 12.2. The van der Waals surface area contributed by atoms with E-state index in [2.05, 4.69) is 26.3 Å². The monoisotopic (exact) mass is 361 g/mol. The van der Waals surface area contributed by atoms with Crippen LogP contribution in [0, 0.1) is 0 Å². The van der Waals surface area contributed by atoms with Crippen molar-refractivity contribution in [2.45, 2.75) is 12.8 Å². The van der Waals surface area contributed by atoms with Crippen molar-refractivity contribution in [3.05, 3.63) is 52.0 Å². The number of rotatable bonds is 4. The maximum atomic E-state index is 12.7. The Morgan fingerprint density at radius 3 is 2.43 bits per heavy atom. The number of hydrogen-bond donors (Lipinski definition) is 2. The molecule has 4 nitrogen and oxygen atoms in total. The molecule has 0 aliphatic rings. The molecular formula is C13H11BrF3N3O. The Labute approximate surface area is 127 Å². The van der Waals surface area contributed by atoms with Crippen LogP contribution in [-0.4, -0.2) is 4.98 Å². The molecule has 0 fully saturated rings. The molecule has 112 valence electrons. The molecule has 3 N–H and O–H groups in total. The van der Waals surface area contributed by atoms with E-state index in [1.807, 2.05) is 12.1 Å². The van der Waals surface area contributed by atoms with E-state index in [4.69, 9.17) is 10.6 Å². The minimum atomic E-state index is -4.50. The van der Waals surface area contributed by atoms with Gasteiger partial charge in [-0.15, -0.1) is 0 Å². The molecule has 0 spiro atoms. The summed E-state index contributed by atoms with van der Waals surface area (Å²) in [7, 11) is 0. The summed E-state index contributed by atoms with van der Waals surface area (Å²) in [6.07, 6.45) is -4.50. The molecule has 0 aliphatic heterocycles. The highest BCUT2D eigenvalue weighted by molar-refractivity contribution is 9.10. The number of hydrazine groups is 1. The number of benzene rings is 1. The predicted molar refractivity (Wildman–Crippen MR) is 75.5 cm³/mol. The Bertz CT molecular complexity index is 617. The molecular weight excluding hydrogens is 351 g/mol. The highest BCUT2D eigenvalue weighted by Crippen LogP contribution is 2.32.